The van der Waals surface area contributed by atoms with Crippen LogP contribution in [0.3, 0.4) is 0 Å². The maximum Gasteiger partial charge on any atom is 0.412 e. The summed E-state index contributed by atoms with van der Waals surface area (Å²) in [7, 11) is 1.47. The van der Waals surface area contributed by atoms with Crippen LogP contribution in [0.25, 0.3) is 11.4 Å². The van der Waals surface area contributed by atoms with Crippen LogP contribution in [0.4, 0.5) is 25.5 Å². The molecule has 2 aromatic heterocycles. The Morgan fingerprint density at radius 3 is 2.56 bits per heavy atom. The Kier molecular flexibility index (Phi) is 4.86. The zero-order valence-corrected chi connectivity index (χ0v) is 14.0. The Morgan fingerprint density at radius 2 is 2.00 bits per heavy atom. The third-order valence-electron chi connectivity index (χ3n) is 2.78. The van der Waals surface area contributed by atoms with Crippen molar-refractivity contribution in [1.82, 2.24) is 20.0 Å². The molecule has 0 unspecified atom stereocenters. The summed E-state index contributed by atoms with van der Waals surface area (Å²) in [5, 5.41) is 20.6. The van der Waals surface area contributed by atoms with Gasteiger partial charge in [0.2, 0.25) is 0 Å². The van der Waals surface area contributed by atoms with Gasteiger partial charge in [-0.3, -0.25) is 15.6 Å². The predicted molar refractivity (Wildman–Crippen MR) is 85.7 cm³/mol. The minimum Gasteiger partial charge on any atom is -0.465 e. The summed E-state index contributed by atoms with van der Waals surface area (Å²) in [6.45, 7) is 5.03. The highest BCUT2D eigenvalue weighted by atomic mass is 19.1. The highest BCUT2D eigenvalue weighted by molar-refractivity contribution is 5.87. The average Bonchev–Trinajstić information content (AvgIpc) is 2.80. The summed E-state index contributed by atoms with van der Waals surface area (Å²) in [4.78, 5) is 26.5. The summed E-state index contributed by atoms with van der Waals surface area (Å²) < 4.78 is 20.4. The van der Waals surface area contributed by atoms with Crippen molar-refractivity contribution in [3.63, 3.8) is 0 Å². The Bertz CT molecular complexity index is 814. The zero-order chi connectivity index (χ0) is 18.8. The topological polar surface area (TPSA) is 131 Å². The van der Waals surface area contributed by atoms with Crippen molar-refractivity contribution in [2.75, 3.05) is 10.6 Å². The van der Waals surface area contributed by atoms with Gasteiger partial charge in [-0.15, -0.1) is 5.10 Å². The van der Waals surface area contributed by atoms with Crippen molar-refractivity contribution in [2.24, 2.45) is 7.05 Å². The summed E-state index contributed by atoms with van der Waals surface area (Å²) in [6, 6.07) is 1.00. The van der Waals surface area contributed by atoms with Crippen molar-refractivity contribution in [2.45, 2.75) is 26.4 Å². The van der Waals surface area contributed by atoms with Gasteiger partial charge < -0.3 is 9.84 Å². The molecule has 0 aliphatic carbocycles. The second-order valence-corrected chi connectivity index (χ2v) is 6.02. The Morgan fingerprint density at radius 1 is 1.32 bits per heavy atom. The van der Waals surface area contributed by atoms with Crippen LogP contribution in [-0.2, 0) is 11.8 Å². The van der Waals surface area contributed by atoms with E-state index in [2.05, 4.69) is 25.9 Å². The van der Waals surface area contributed by atoms with E-state index in [-0.39, 0.29) is 22.9 Å². The third-order valence-corrected chi connectivity index (χ3v) is 2.78. The highest BCUT2D eigenvalue weighted by Gasteiger charge is 2.20. The van der Waals surface area contributed by atoms with Gasteiger partial charge in [-0.25, -0.2) is 18.7 Å². The Balaban J connectivity index is 2.26. The summed E-state index contributed by atoms with van der Waals surface area (Å²) in [5.74, 6) is -0.755. The lowest BCUT2D eigenvalue weighted by Gasteiger charge is -2.19. The molecule has 2 rings (SSSR count). The van der Waals surface area contributed by atoms with E-state index in [0.29, 0.717) is 0 Å². The first-order valence-electron chi connectivity index (χ1n) is 7.12. The Hall–Kier alpha value is -3.24. The fraction of sp³-hybridized carbons (Fsp3) is 0.357. The first kappa shape index (κ1) is 18.1. The summed E-state index contributed by atoms with van der Waals surface area (Å²) in [5.41, 5.74) is -0.823. The third kappa shape index (κ3) is 4.62. The van der Waals surface area contributed by atoms with E-state index in [0.717, 1.165) is 12.3 Å². The number of aromatic nitrogens is 4. The van der Waals surface area contributed by atoms with E-state index < -0.39 is 23.6 Å². The first-order chi connectivity index (χ1) is 11.6. The number of carbonyl (C=O) groups is 2. The molecule has 0 aromatic carbocycles. The number of nitrogens with one attached hydrogen (secondary N) is 2. The molecule has 0 fully saturated rings. The van der Waals surface area contributed by atoms with Crippen LogP contribution in [0.15, 0.2) is 12.3 Å². The molecular weight excluding hydrogens is 335 g/mol. The monoisotopic (exact) mass is 352 g/mol. The number of pyridine rings is 1. The molecule has 2 aromatic rings. The summed E-state index contributed by atoms with van der Waals surface area (Å²) in [6.07, 6.45) is -1.07. The van der Waals surface area contributed by atoms with Crippen LogP contribution in [0.2, 0.25) is 0 Å². The number of amides is 2. The van der Waals surface area contributed by atoms with E-state index in [4.69, 9.17) is 9.84 Å². The van der Waals surface area contributed by atoms with Crippen molar-refractivity contribution < 1.29 is 23.8 Å². The maximum atomic E-state index is 14.2. The minimum absolute atomic E-state index is 0.0345. The predicted octanol–water partition coefficient (Wildman–Crippen LogP) is 2.45. The van der Waals surface area contributed by atoms with Gasteiger partial charge in [0, 0.05) is 13.1 Å². The van der Waals surface area contributed by atoms with Gasteiger partial charge in [0.05, 0.1) is 17.6 Å². The second-order valence-electron chi connectivity index (χ2n) is 6.02. The quantitative estimate of drug-likeness (QED) is 0.773. The first-order valence-corrected chi connectivity index (χ1v) is 7.12. The van der Waals surface area contributed by atoms with Gasteiger partial charge in [0.1, 0.15) is 5.60 Å². The molecule has 0 bridgehead atoms. The minimum atomic E-state index is -1.32. The van der Waals surface area contributed by atoms with Gasteiger partial charge in [0.25, 0.3) is 0 Å². The lowest BCUT2D eigenvalue weighted by Crippen LogP contribution is -2.27. The molecule has 0 saturated heterocycles. The number of hydrogen-bond acceptors (Lipinski definition) is 6. The van der Waals surface area contributed by atoms with E-state index in [1.807, 2.05) is 0 Å². The van der Waals surface area contributed by atoms with Gasteiger partial charge in [0.15, 0.2) is 17.3 Å². The van der Waals surface area contributed by atoms with Crippen molar-refractivity contribution in [3.8, 4) is 11.4 Å². The van der Waals surface area contributed by atoms with Crippen LogP contribution >= 0.6 is 0 Å². The molecule has 2 heterocycles. The van der Waals surface area contributed by atoms with Crippen LogP contribution < -0.4 is 10.6 Å². The fourth-order valence-electron chi connectivity index (χ4n) is 1.84. The van der Waals surface area contributed by atoms with Gasteiger partial charge in [-0.1, -0.05) is 5.21 Å². The molecule has 11 heteroatoms. The smallest absolute Gasteiger partial charge is 0.412 e. The second kappa shape index (κ2) is 6.71. The van der Waals surface area contributed by atoms with Gasteiger partial charge in [-0.2, -0.15) is 0 Å². The zero-order valence-electron chi connectivity index (χ0n) is 14.0. The molecule has 0 aliphatic rings. The number of aryl methyl sites for hydroxylation is 1. The van der Waals surface area contributed by atoms with Crippen molar-refractivity contribution in [1.29, 1.82) is 0 Å². The SMILES string of the molecule is Cn1nnc(-c2cc(F)c(NC(=O)OC(C)(C)C)cn2)c1NC(=O)O. The van der Waals surface area contributed by atoms with Crippen LogP contribution in [0.1, 0.15) is 20.8 Å². The van der Waals surface area contributed by atoms with Crippen molar-refractivity contribution >= 4 is 23.7 Å². The highest BCUT2D eigenvalue weighted by Crippen LogP contribution is 2.26. The van der Waals surface area contributed by atoms with Crippen molar-refractivity contribution in [3.05, 3.63) is 18.1 Å². The number of rotatable bonds is 3. The largest absolute Gasteiger partial charge is 0.465 e. The standard InChI is InChI=1S/C14H17FN6O4/c1-14(2,3)25-13(24)17-9-6-16-8(5-7(9)15)10-11(18-12(22)23)21(4)20-19-10/h5-6,18H,1-4H3,(H,17,24)(H,22,23). The molecule has 0 atom stereocenters. The van der Waals surface area contributed by atoms with Gasteiger partial charge >= 0.3 is 12.2 Å². The lowest BCUT2D eigenvalue weighted by atomic mass is 10.2. The normalized spacial score (nSPS) is 11.1. The summed E-state index contributed by atoms with van der Waals surface area (Å²) >= 11 is 0. The number of anilines is 2. The van der Waals surface area contributed by atoms with Crippen LogP contribution in [0.5, 0.6) is 0 Å². The molecule has 0 radical (unpaired) electrons. The fourth-order valence-corrected chi connectivity index (χ4v) is 1.84. The molecule has 3 N–H and O–H groups in total. The Labute approximate surface area is 142 Å². The molecular formula is C14H17FN6O4. The number of nitrogens with zero attached hydrogens (tertiary/aromatic N) is 4. The number of ether oxygens (including phenoxy) is 1. The number of carbonyl (C=O) groups excluding carboxylic acids is 1. The van der Waals surface area contributed by atoms with E-state index in [9.17, 15) is 14.0 Å². The maximum absolute atomic E-state index is 14.2. The molecule has 10 nitrogen and oxygen atoms in total. The molecule has 134 valence electrons. The molecule has 0 spiro atoms. The molecule has 0 aliphatic heterocycles. The number of carboxylic acid groups (broad SMARTS) is 1. The number of hydrogen-bond donors (Lipinski definition) is 3. The lowest BCUT2D eigenvalue weighted by molar-refractivity contribution is 0.0635. The van der Waals surface area contributed by atoms with E-state index in [1.165, 1.54) is 11.7 Å². The van der Waals surface area contributed by atoms with E-state index in [1.54, 1.807) is 20.8 Å². The van der Waals surface area contributed by atoms with Crippen LogP contribution in [-0.4, -0.2) is 42.9 Å². The molecule has 25 heavy (non-hydrogen) atoms. The molecule has 2 amide bonds. The van der Waals surface area contributed by atoms with Gasteiger partial charge in [-0.05, 0) is 20.8 Å². The molecule has 0 saturated carbocycles. The number of halogens is 1. The average molecular weight is 352 g/mol. The van der Waals surface area contributed by atoms with Crippen LogP contribution in [0, 0.1) is 5.82 Å². The van der Waals surface area contributed by atoms with E-state index >= 15 is 0 Å².